The number of anilines is 1. The van der Waals surface area contributed by atoms with Crippen LogP contribution in [-0.2, 0) is 10.0 Å². The predicted molar refractivity (Wildman–Crippen MR) is 74.2 cm³/mol. The third-order valence-corrected chi connectivity index (χ3v) is 5.01. The number of hydrogen-bond acceptors (Lipinski definition) is 3. The van der Waals surface area contributed by atoms with Gasteiger partial charge in [0.2, 0.25) is 10.0 Å². The molecule has 1 rings (SSSR count). The minimum Gasteiger partial charge on any atom is -0.395 e. The van der Waals surface area contributed by atoms with Crippen molar-refractivity contribution in [1.82, 2.24) is 0 Å². The summed E-state index contributed by atoms with van der Waals surface area (Å²) in [6.07, 6.45) is 1.72. The first kappa shape index (κ1) is 15.0. The molecule has 0 spiro atoms. The Balaban J connectivity index is 3.06. The van der Waals surface area contributed by atoms with Gasteiger partial charge in [0, 0.05) is 6.54 Å². The van der Waals surface area contributed by atoms with Crippen LogP contribution in [-0.4, -0.2) is 31.9 Å². The van der Waals surface area contributed by atoms with Gasteiger partial charge in [-0.1, -0.05) is 31.5 Å². The van der Waals surface area contributed by atoms with E-state index in [4.69, 9.17) is 5.11 Å². The first-order valence-electron chi connectivity index (χ1n) is 6.21. The third kappa shape index (κ3) is 3.46. The molecule has 0 aliphatic heterocycles. The third-order valence-electron chi connectivity index (χ3n) is 2.83. The molecule has 0 saturated heterocycles. The van der Waals surface area contributed by atoms with Gasteiger partial charge in [0.15, 0.2) is 0 Å². The normalized spacial score (nSPS) is 13.3. The summed E-state index contributed by atoms with van der Waals surface area (Å²) >= 11 is 0. The summed E-state index contributed by atoms with van der Waals surface area (Å²) < 4.78 is 26.1. The minimum atomic E-state index is -3.49. The van der Waals surface area contributed by atoms with Crippen molar-refractivity contribution >= 4 is 15.7 Å². The van der Waals surface area contributed by atoms with Crippen molar-refractivity contribution in [3.63, 3.8) is 0 Å². The highest BCUT2D eigenvalue weighted by Crippen LogP contribution is 2.21. The Bertz CT molecular complexity index is 445. The van der Waals surface area contributed by atoms with Crippen LogP contribution in [0.15, 0.2) is 30.3 Å². The Kier molecular flexibility index (Phi) is 5.62. The van der Waals surface area contributed by atoms with Gasteiger partial charge >= 0.3 is 0 Å². The molecule has 0 heterocycles. The number of aliphatic hydroxyl groups excluding tert-OH is 1. The molecule has 0 amide bonds. The van der Waals surface area contributed by atoms with Crippen LogP contribution in [0.5, 0.6) is 0 Å². The Morgan fingerprint density at radius 3 is 2.39 bits per heavy atom. The van der Waals surface area contributed by atoms with Gasteiger partial charge in [-0.2, -0.15) is 0 Å². The van der Waals surface area contributed by atoms with E-state index >= 15 is 0 Å². The lowest BCUT2D eigenvalue weighted by molar-refractivity contribution is 0.295. The number of nitrogens with zero attached hydrogens (tertiary/aromatic N) is 1. The SMILES string of the molecule is CCCCN(c1ccccc1)S(=O)(=O)C(C)CO. The van der Waals surface area contributed by atoms with E-state index in [9.17, 15) is 8.42 Å². The molecular formula is C13H21NO3S. The number of sulfonamides is 1. The Morgan fingerprint density at radius 1 is 1.28 bits per heavy atom. The highest BCUT2D eigenvalue weighted by Gasteiger charge is 2.28. The van der Waals surface area contributed by atoms with Crippen LogP contribution in [0, 0.1) is 0 Å². The Labute approximate surface area is 109 Å². The van der Waals surface area contributed by atoms with Crippen LogP contribution in [0.1, 0.15) is 26.7 Å². The molecule has 1 unspecified atom stereocenters. The monoisotopic (exact) mass is 271 g/mol. The van der Waals surface area contributed by atoms with Crippen molar-refractivity contribution in [2.45, 2.75) is 31.9 Å². The van der Waals surface area contributed by atoms with E-state index in [-0.39, 0.29) is 6.61 Å². The first-order valence-corrected chi connectivity index (χ1v) is 7.71. The van der Waals surface area contributed by atoms with E-state index in [2.05, 4.69) is 0 Å². The van der Waals surface area contributed by atoms with E-state index in [0.29, 0.717) is 12.2 Å². The average molecular weight is 271 g/mol. The van der Waals surface area contributed by atoms with E-state index in [1.807, 2.05) is 25.1 Å². The maximum Gasteiger partial charge on any atom is 0.240 e. The topological polar surface area (TPSA) is 57.6 Å². The zero-order chi connectivity index (χ0) is 13.6. The second-order valence-corrected chi connectivity index (χ2v) is 6.57. The van der Waals surface area contributed by atoms with Gasteiger partial charge in [0.25, 0.3) is 0 Å². The summed E-state index contributed by atoms with van der Waals surface area (Å²) in [5, 5.41) is 8.30. The van der Waals surface area contributed by atoms with Crippen molar-refractivity contribution in [2.24, 2.45) is 0 Å². The van der Waals surface area contributed by atoms with Crippen molar-refractivity contribution in [3.05, 3.63) is 30.3 Å². The molecule has 0 aliphatic rings. The second-order valence-electron chi connectivity index (χ2n) is 4.30. The number of unbranched alkanes of at least 4 members (excludes halogenated alkanes) is 1. The van der Waals surface area contributed by atoms with E-state index in [1.165, 1.54) is 11.2 Å². The molecule has 1 N–H and O–H groups in total. The summed E-state index contributed by atoms with van der Waals surface area (Å²) in [6, 6.07) is 9.03. The summed E-state index contributed by atoms with van der Waals surface area (Å²) in [6.45, 7) is 3.63. The van der Waals surface area contributed by atoms with Crippen LogP contribution < -0.4 is 4.31 Å². The molecule has 18 heavy (non-hydrogen) atoms. The van der Waals surface area contributed by atoms with Crippen molar-refractivity contribution < 1.29 is 13.5 Å². The number of aliphatic hydroxyl groups is 1. The van der Waals surface area contributed by atoms with Gasteiger partial charge in [0.1, 0.15) is 5.25 Å². The van der Waals surface area contributed by atoms with Crippen LogP contribution in [0.3, 0.4) is 0 Å². The zero-order valence-corrected chi connectivity index (χ0v) is 11.7. The smallest absolute Gasteiger partial charge is 0.240 e. The van der Waals surface area contributed by atoms with Crippen LogP contribution >= 0.6 is 0 Å². The Hall–Kier alpha value is -1.07. The van der Waals surface area contributed by atoms with Gasteiger partial charge in [0.05, 0.1) is 12.3 Å². The molecular weight excluding hydrogens is 250 g/mol. The molecule has 0 fully saturated rings. The molecule has 1 atom stereocenters. The molecule has 1 aromatic carbocycles. The molecule has 0 saturated carbocycles. The minimum absolute atomic E-state index is 0.363. The largest absolute Gasteiger partial charge is 0.395 e. The molecule has 1 aromatic rings. The lowest BCUT2D eigenvalue weighted by atomic mass is 10.3. The van der Waals surface area contributed by atoms with Crippen LogP contribution in [0.25, 0.3) is 0 Å². The van der Waals surface area contributed by atoms with Crippen molar-refractivity contribution in [3.8, 4) is 0 Å². The maximum absolute atomic E-state index is 12.3. The molecule has 0 radical (unpaired) electrons. The molecule has 0 bridgehead atoms. The van der Waals surface area contributed by atoms with Crippen molar-refractivity contribution in [2.75, 3.05) is 17.5 Å². The lowest BCUT2D eigenvalue weighted by Crippen LogP contribution is -2.39. The average Bonchev–Trinajstić information content (AvgIpc) is 2.39. The lowest BCUT2D eigenvalue weighted by Gasteiger charge is -2.27. The number of rotatable bonds is 7. The number of para-hydroxylation sites is 1. The van der Waals surface area contributed by atoms with Gasteiger partial charge in [-0.25, -0.2) is 8.42 Å². The Morgan fingerprint density at radius 2 is 1.89 bits per heavy atom. The van der Waals surface area contributed by atoms with Gasteiger partial charge in [-0.05, 0) is 25.5 Å². The van der Waals surface area contributed by atoms with Gasteiger partial charge in [-0.3, -0.25) is 4.31 Å². The van der Waals surface area contributed by atoms with E-state index in [0.717, 1.165) is 12.8 Å². The van der Waals surface area contributed by atoms with Crippen LogP contribution in [0.4, 0.5) is 5.69 Å². The summed E-state index contributed by atoms with van der Waals surface area (Å²) in [5.74, 6) is 0. The summed E-state index contributed by atoms with van der Waals surface area (Å²) in [7, 11) is -3.49. The van der Waals surface area contributed by atoms with Gasteiger partial charge < -0.3 is 5.11 Å². The molecule has 5 heteroatoms. The highest BCUT2D eigenvalue weighted by atomic mass is 32.2. The highest BCUT2D eigenvalue weighted by molar-refractivity contribution is 7.93. The number of hydrogen-bond donors (Lipinski definition) is 1. The summed E-state index contributed by atoms with van der Waals surface area (Å²) in [5.41, 5.74) is 0.659. The fourth-order valence-corrected chi connectivity index (χ4v) is 3.03. The van der Waals surface area contributed by atoms with E-state index < -0.39 is 15.3 Å². The fraction of sp³-hybridized carbons (Fsp3) is 0.538. The molecule has 4 nitrogen and oxygen atoms in total. The summed E-state index contributed by atoms with van der Waals surface area (Å²) in [4.78, 5) is 0. The van der Waals surface area contributed by atoms with Crippen molar-refractivity contribution in [1.29, 1.82) is 0 Å². The quantitative estimate of drug-likeness (QED) is 0.825. The second kappa shape index (κ2) is 6.75. The standard InChI is InChI=1S/C13H21NO3S/c1-3-4-10-14(13-8-6-5-7-9-13)18(16,17)12(2)11-15/h5-9,12,15H,3-4,10-11H2,1-2H3. The molecule has 0 aromatic heterocycles. The predicted octanol–water partition coefficient (Wildman–Crippen LogP) is 2.00. The van der Waals surface area contributed by atoms with Gasteiger partial charge in [-0.15, -0.1) is 0 Å². The van der Waals surface area contributed by atoms with E-state index in [1.54, 1.807) is 12.1 Å². The molecule has 102 valence electrons. The first-order chi connectivity index (χ1) is 8.54. The maximum atomic E-state index is 12.3. The zero-order valence-electron chi connectivity index (χ0n) is 10.9. The fourth-order valence-electron chi connectivity index (χ4n) is 1.61. The van der Waals surface area contributed by atoms with Crippen LogP contribution in [0.2, 0.25) is 0 Å². The molecule has 0 aliphatic carbocycles. The number of benzene rings is 1.